The number of ether oxygens (including phenoxy) is 4. The van der Waals surface area contributed by atoms with E-state index >= 15 is 0 Å². The van der Waals surface area contributed by atoms with E-state index < -0.39 is 12.5 Å². The molecule has 8 heteroatoms. The number of benzene rings is 3. The van der Waals surface area contributed by atoms with Crippen LogP contribution in [0, 0.1) is 0 Å². The normalized spacial score (nSPS) is 12.0. The number of carbonyl (C=O) groups excluding carboxylic acids is 1. The van der Waals surface area contributed by atoms with Crippen LogP contribution < -0.4 is 24.3 Å². The number of hydrogen-bond donors (Lipinski definition) is 1. The maximum Gasteiger partial charge on any atom is 0.387 e. The highest BCUT2D eigenvalue weighted by Gasteiger charge is 2.22. The van der Waals surface area contributed by atoms with Crippen molar-refractivity contribution < 1.29 is 32.5 Å². The Kier molecular flexibility index (Phi) is 5.38. The predicted octanol–water partition coefficient (Wildman–Crippen LogP) is 4.94. The molecule has 0 aliphatic carbocycles. The highest BCUT2D eigenvalue weighted by atomic mass is 19.3. The van der Waals surface area contributed by atoms with Crippen LogP contribution in [-0.2, 0) is 0 Å². The highest BCUT2D eigenvalue weighted by Crippen LogP contribution is 2.37. The van der Waals surface area contributed by atoms with Crippen LogP contribution in [0.25, 0.3) is 11.1 Å². The van der Waals surface area contributed by atoms with Gasteiger partial charge in [0, 0.05) is 11.3 Å². The molecule has 1 aliphatic rings. The molecular weight excluding hydrogens is 396 g/mol. The highest BCUT2D eigenvalue weighted by molar-refractivity contribution is 6.07. The van der Waals surface area contributed by atoms with Crippen LogP contribution in [0.3, 0.4) is 0 Å². The lowest BCUT2D eigenvalue weighted by Gasteiger charge is -2.14. The Hall–Kier alpha value is -3.81. The largest absolute Gasteiger partial charge is 0.497 e. The van der Waals surface area contributed by atoms with Crippen LogP contribution in [-0.4, -0.2) is 26.4 Å². The van der Waals surface area contributed by atoms with Crippen molar-refractivity contribution >= 4 is 11.6 Å². The Morgan fingerprint density at radius 3 is 2.60 bits per heavy atom. The first kappa shape index (κ1) is 19.5. The van der Waals surface area contributed by atoms with Gasteiger partial charge in [-0.2, -0.15) is 8.78 Å². The van der Waals surface area contributed by atoms with Crippen LogP contribution in [0.1, 0.15) is 10.4 Å². The van der Waals surface area contributed by atoms with Crippen molar-refractivity contribution in [2.24, 2.45) is 0 Å². The van der Waals surface area contributed by atoms with Gasteiger partial charge in [0.1, 0.15) is 11.5 Å². The average molecular weight is 413 g/mol. The molecule has 154 valence electrons. The predicted molar refractivity (Wildman–Crippen MR) is 106 cm³/mol. The van der Waals surface area contributed by atoms with Gasteiger partial charge in [0.05, 0.1) is 12.7 Å². The van der Waals surface area contributed by atoms with Crippen LogP contribution >= 0.6 is 0 Å². The number of anilines is 1. The minimum atomic E-state index is -2.98. The first-order valence-electron chi connectivity index (χ1n) is 8.98. The number of alkyl halides is 2. The molecule has 0 fully saturated rings. The SMILES string of the molecule is COc1ccc(-c2cc(NC(=O)c3cccc4c3OCO4)ccc2OC(F)F)cc1. The fourth-order valence-electron chi connectivity index (χ4n) is 3.11. The van der Waals surface area contributed by atoms with E-state index in [-0.39, 0.29) is 12.5 Å². The van der Waals surface area contributed by atoms with Crippen molar-refractivity contribution in [3.8, 4) is 34.1 Å². The number of amides is 1. The van der Waals surface area contributed by atoms with Crippen molar-refractivity contribution in [2.45, 2.75) is 6.61 Å². The van der Waals surface area contributed by atoms with Gasteiger partial charge in [-0.1, -0.05) is 18.2 Å². The number of para-hydroxylation sites is 1. The van der Waals surface area contributed by atoms with Crippen molar-refractivity contribution in [1.29, 1.82) is 0 Å². The van der Waals surface area contributed by atoms with E-state index in [9.17, 15) is 13.6 Å². The quantitative estimate of drug-likeness (QED) is 0.620. The summed E-state index contributed by atoms with van der Waals surface area (Å²) < 4.78 is 46.1. The number of hydrogen-bond acceptors (Lipinski definition) is 5. The van der Waals surface area contributed by atoms with E-state index in [4.69, 9.17) is 14.2 Å². The molecule has 3 aromatic rings. The molecule has 3 aromatic carbocycles. The molecule has 1 N–H and O–H groups in total. The lowest BCUT2D eigenvalue weighted by Crippen LogP contribution is -2.13. The topological polar surface area (TPSA) is 66.0 Å². The second kappa shape index (κ2) is 8.28. The molecule has 6 nitrogen and oxygen atoms in total. The van der Waals surface area contributed by atoms with Gasteiger partial charge in [-0.25, -0.2) is 0 Å². The number of carbonyl (C=O) groups is 1. The van der Waals surface area contributed by atoms with Gasteiger partial charge in [-0.15, -0.1) is 0 Å². The second-order valence-corrected chi connectivity index (χ2v) is 6.31. The van der Waals surface area contributed by atoms with Gasteiger partial charge >= 0.3 is 6.61 Å². The third-order valence-electron chi connectivity index (χ3n) is 4.50. The number of fused-ring (bicyclic) bond motifs is 1. The van der Waals surface area contributed by atoms with Gasteiger partial charge < -0.3 is 24.3 Å². The third-order valence-corrected chi connectivity index (χ3v) is 4.50. The van der Waals surface area contributed by atoms with E-state index in [0.29, 0.717) is 39.6 Å². The maximum atomic E-state index is 12.9. The Labute approximate surface area is 170 Å². The molecule has 0 bridgehead atoms. The summed E-state index contributed by atoms with van der Waals surface area (Å²) in [5.41, 5.74) is 1.74. The molecular formula is C22H17F2NO5. The van der Waals surface area contributed by atoms with Crippen molar-refractivity contribution in [3.63, 3.8) is 0 Å². The molecule has 30 heavy (non-hydrogen) atoms. The van der Waals surface area contributed by atoms with Crippen molar-refractivity contribution in [2.75, 3.05) is 19.2 Å². The molecule has 1 heterocycles. The minimum absolute atomic E-state index is 0.00879. The molecule has 0 saturated carbocycles. The number of halogens is 2. The summed E-state index contributed by atoms with van der Waals surface area (Å²) in [5, 5.41) is 2.76. The lowest BCUT2D eigenvalue weighted by molar-refractivity contribution is -0.0494. The van der Waals surface area contributed by atoms with Crippen LogP contribution in [0.15, 0.2) is 60.7 Å². The Bertz CT molecular complexity index is 1070. The lowest BCUT2D eigenvalue weighted by atomic mass is 10.0. The smallest absolute Gasteiger partial charge is 0.387 e. The molecule has 0 atom stereocenters. The van der Waals surface area contributed by atoms with Crippen LogP contribution in [0.2, 0.25) is 0 Å². The molecule has 0 saturated heterocycles. The number of methoxy groups -OCH3 is 1. The monoisotopic (exact) mass is 413 g/mol. The number of nitrogens with one attached hydrogen (secondary N) is 1. The zero-order chi connectivity index (χ0) is 21.1. The van der Waals surface area contributed by atoms with Gasteiger partial charge in [0.15, 0.2) is 11.5 Å². The van der Waals surface area contributed by atoms with E-state index in [1.54, 1.807) is 48.5 Å². The van der Waals surface area contributed by atoms with Gasteiger partial charge in [0.25, 0.3) is 5.91 Å². The minimum Gasteiger partial charge on any atom is -0.497 e. The molecule has 0 aromatic heterocycles. The van der Waals surface area contributed by atoms with Gasteiger partial charge in [0.2, 0.25) is 6.79 Å². The summed E-state index contributed by atoms with van der Waals surface area (Å²) in [4.78, 5) is 12.8. The van der Waals surface area contributed by atoms with E-state index in [1.807, 2.05) is 0 Å². The maximum absolute atomic E-state index is 12.9. The Morgan fingerprint density at radius 2 is 1.87 bits per heavy atom. The zero-order valence-corrected chi connectivity index (χ0v) is 15.9. The van der Waals surface area contributed by atoms with Gasteiger partial charge in [-0.3, -0.25) is 4.79 Å². The summed E-state index contributed by atoms with van der Waals surface area (Å²) >= 11 is 0. The van der Waals surface area contributed by atoms with Crippen LogP contribution in [0.4, 0.5) is 14.5 Å². The first-order chi connectivity index (χ1) is 14.5. The molecule has 0 spiro atoms. The fraction of sp³-hybridized carbons (Fsp3) is 0.136. The van der Waals surface area contributed by atoms with Gasteiger partial charge in [-0.05, 0) is 48.0 Å². The Morgan fingerprint density at radius 1 is 1.07 bits per heavy atom. The fourth-order valence-corrected chi connectivity index (χ4v) is 3.11. The molecule has 1 aliphatic heterocycles. The summed E-state index contributed by atoms with van der Waals surface area (Å²) in [5.74, 6) is 1.05. The standard InChI is InChI=1S/C22H17F2NO5/c1-27-15-8-5-13(6-9-15)17-11-14(7-10-18(17)30-22(23)24)25-21(26)16-3-2-4-19-20(16)29-12-28-19/h2-11,22H,12H2,1H3,(H,25,26). The number of rotatable bonds is 6. The van der Waals surface area contributed by atoms with E-state index in [0.717, 1.165) is 0 Å². The molecule has 1 amide bonds. The van der Waals surface area contributed by atoms with Crippen molar-refractivity contribution in [1.82, 2.24) is 0 Å². The van der Waals surface area contributed by atoms with Crippen LogP contribution in [0.5, 0.6) is 23.0 Å². The molecule has 0 unspecified atom stereocenters. The third kappa shape index (κ3) is 3.98. The summed E-state index contributed by atoms with van der Waals surface area (Å²) in [6.07, 6.45) is 0. The Balaban J connectivity index is 1.65. The summed E-state index contributed by atoms with van der Waals surface area (Å²) in [6, 6.07) is 16.3. The zero-order valence-electron chi connectivity index (χ0n) is 15.9. The summed E-state index contributed by atoms with van der Waals surface area (Å²) in [7, 11) is 1.53. The van der Waals surface area contributed by atoms with E-state index in [1.165, 1.54) is 19.2 Å². The second-order valence-electron chi connectivity index (χ2n) is 6.31. The average Bonchev–Trinajstić information content (AvgIpc) is 3.23. The summed E-state index contributed by atoms with van der Waals surface area (Å²) in [6.45, 7) is -2.94. The first-order valence-corrected chi connectivity index (χ1v) is 8.98. The van der Waals surface area contributed by atoms with Crippen molar-refractivity contribution in [3.05, 3.63) is 66.2 Å². The van der Waals surface area contributed by atoms with E-state index in [2.05, 4.69) is 10.1 Å². The molecule has 0 radical (unpaired) electrons. The molecule has 4 rings (SSSR count).